The van der Waals surface area contributed by atoms with Gasteiger partial charge in [0.15, 0.2) is 0 Å². The fourth-order valence-corrected chi connectivity index (χ4v) is 3.61. The molecule has 17 heteroatoms. The third-order valence-electron chi connectivity index (χ3n) is 4.48. The Morgan fingerprint density at radius 2 is 1.70 bits per heavy atom. The molecule has 37 heavy (non-hydrogen) atoms. The first kappa shape index (κ1) is 31.8. The molecule has 3 N–H and O–H groups in total. The second-order valence-corrected chi connectivity index (χ2v) is 8.37. The zero-order chi connectivity index (χ0) is 28.2. The number of amides is 1. The first-order valence-corrected chi connectivity index (χ1v) is 11.1. The van der Waals surface area contributed by atoms with Crippen LogP contribution in [0.2, 0.25) is 0 Å². The number of halogens is 6. The highest BCUT2D eigenvalue weighted by Gasteiger charge is 2.38. The molecule has 0 bridgehead atoms. The van der Waals surface area contributed by atoms with Gasteiger partial charge in [-0.1, -0.05) is 6.07 Å². The third-order valence-corrected chi connectivity index (χ3v) is 5.34. The van der Waals surface area contributed by atoms with E-state index < -0.39 is 24.3 Å². The van der Waals surface area contributed by atoms with Gasteiger partial charge in [-0.3, -0.25) is 14.4 Å². The van der Waals surface area contributed by atoms with Gasteiger partial charge in [-0.05, 0) is 17.5 Å². The Morgan fingerprint density at radius 1 is 1.11 bits per heavy atom. The van der Waals surface area contributed by atoms with Crippen molar-refractivity contribution in [1.29, 1.82) is 0 Å². The molecule has 0 saturated carbocycles. The first-order chi connectivity index (χ1) is 17.1. The van der Waals surface area contributed by atoms with Crippen LogP contribution in [0.25, 0.3) is 0 Å². The summed E-state index contributed by atoms with van der Waals surface area (Å²) in [4.78, 5) is 33.9. The molecule has 2 aromatic rings. The van der Waals surface area contributed by atoms with Crippen molar-refractivity contribution in [3.8, 4) is 0 Å². The van der Waals surface area contributed by atoms with Crippen LogP contribution < -0.4 is 5.32 Å². The van der Waals surface area contributed by atoms with Crippen molar-refractivity contribution in [3.63, 3.8) is 0 Å². The van der Waals surface area contributed by atoms with Crippen LogP contribution in [-0.2, 0) is 38.8 Å². The smallest absolute Gasteiger partial charge is 0.475 e. The molecular formula is C20H24F6N4O6S. The quantitative estimate of drug-likeness (QED) is 0.362. The number of aliphatic carboxylic acids is 2. The van der Waals surface area contributed by atoms with E-state index in [2.05, 4.69) is 32.8 Å². The predicted molar refractivity (Wildman–Crippen MR) is 116 cm³/mol. The molecule has 0 fully saturated rings. The Hall–Kier alpha value is -3.18. The zero-order valence-corrected chi connectivity index (χ0v) is 20.1. The van der Waals surface area contributed by atoms with Crippen molar-refractivity contribution >= 4 is 29.2 Å². The van der Waals surface area contributed by atoms with Crippen LogP contribution in [0.3, 0.4) is 0 Å². The summed E-state index contributed by atoms with van der Waals surface area (Å²) < 4.78 is 70.4. The lowest BCUT2D eigenvalue weighted by Crippen LogP contribution is -2.40. The van der Waals surface area contributed by atoms with E-state index >= 15 is 0 Å². The van der Waals surface area contributed by atoms with E-state index in [4.69, 9.17) is 24.5 Å². The molecule has 208 valence electrons. The number of nitrogens with zero attached hydrogens (tertiary/aromatic N) is 3. The maximum atomic E-state index is 12.5. The number of hydrogen-bond donors (Lipinski definition) is 3. The molecule has 0 saturated heterocycles. The fourth-order valence-electron chi connectivity index (χ4n) is 2.86. The number of carbonyl (C=O) groups is 3. The van der Waals surface area contributed by atoms with E-state index in [1.165, 1.54) is 4.88 Å². The van der Waals surface area contributed by atoms with Crippen LogP contribution in [0.15, 0.2) is 29.8 Å². The van der Waals surface area contributed by atoms with Gasteiger partial charge in [0.05, 0.1) is 24.8 Å². The van der Waals surface area contributed by atoms with Gasteiger partial charge in [-0.25, -0.2) is 9.59 Å². The average molecular weight is 562 g/mol. The molecule has 10 nitrogen and oxygen atoms in total. The van der Waals surface area contributed by atoms with E-state index in [1.54, 1.807) is 18.4 Å². The molecule has 0 radical (unpaired) electrons. The minimum Gasteiger partial charge on any atom is -0.475 e. The van der Waals surface area contributed by atoms with Gasteiger partial charge in [-0.2, -0.15) is 31.4 Å². The number of fused-ring (bicyclic) bond motifs is 1. The topological polar surface area (TPSA) is 134 Å². The molecule has 1 atom stereocenters. The Labute approximate surface area is 210 Å². The van der Waals surface area contributed by atoms with Gasteiger partial charge >= 0.3 is 24.3 Å². The normalized spacial score (nSPS) is 15.7. The van der Waals surface area contributed by atoms with Crippen LogP contribution in [-0.4, -0.2) is 81.9 Å². The van der Waals surface area contributed by atoms with Crippen molar-refractivity contribution in [3.05, 3.63) is 40.3 Å². The van der Waals surface area contributed by atoms with Crippen LogP contribution in [0, 0.1) is 5.92 Å². The minimum atomic E-state index is -5.08. The van der Waals surface area contributed by atoms with Crippen LogP contribution in [0.1, 0.15) is 10.6 Å². The number of hydrogen-bond acceptors (Lipinski definition) is 7. The Morgan fingerprint density at radius 3 is 2.19 bits per heavy atom. The summed E-state index contributed by atoms with van der Waals surface area (Å²) in [5.41, 5.74) is 1.16. The molecule has 3 rings (SSSR count). The average Bonchev–Trinajstić information content (AvgIpc) is 3.42. The zero-order valence-electron chi connectivity index (χ0n) is 19.3. The summed E-state index contributed by atoms with van der Waals surface area (Å²) in [7, 11) is 1.64. The molecule has 0 aliphatic carbocycles. The van der Waals surface area contributed by atoms with Gasteiger partial charge in [0.1, 0.15) is 0 Å². The summed E-state index contributed by atoms with van der Waals surface area (Å²) in [5.74, 6) is -5.55. The molecule has 1 aliphatic rings. The number of aromatic nitrogens is 2. The number of methoxy groups -OCH3 is 1. The highest BCUT2D eigenvalue weighted by molar-refractivity contribution is 7.09. The number of alkyl halides is 6. The van der Waals surface area contributed by atoms with Crippen LogP contribution in [0.4, 0.5) is 26.3 Å². The van der Waals surface area contributed by atoms with E-state index in [1.807, 2.05) is 16.9 Å². The Balaban J connectivity index is 0.000000404. The standard InChI is InChI=1S/C16H22N4O2S.2C2HF3O2/c1-22-7-6-17-16(21)13-9-19(12-15-3-2-8-23-15)11-14-4-5-18-20(14)10-13;2*3-2(4,5)1(6)7/h2-5,8,13H,6-7,9-12H2,1H3,(H,17,21);2*(H,6,7). The first-order valence-electron chi connectivity index (χ1n) is 10.3. The third kappa shape index (κ3) is 12.1. The number of carboxylic acid groups (broad SMARTS) is 2. The number of thiophene rings is 1. The molecule has 1 unspecified atom stereocenters. The predicted octanol–water partition coefficient (Wildman–Crippen LogP) is 2.61. The lowest BCUT2D eigenvalue weighted by atomic mass is 10.1. The number of ether oxygens (including phenoxy) is 1. The summed E-state index contributed by atoms with van der Waals surface area (Å²) in [5, 5.41) is 23.7. The second-order valence-electron chi connectivity index (χ2n) is 7.34. The SMILES string of the molecule is COCCNC(=O)C1CN(Cc2cccs2)Cc2ccnn2C1.O=C(O)C(F)(F)F.O=C(O)C(F)(F)F. The molecule has 0 aromatic carbocycles. The number of carboxylic acids is 2. The number of nitrogens with one attached hydrogen (secondary N) is 1. The summed E-state index contributed by atoms with van der Waals surface area (Å²) in [6.45, 7) is 4.12. The number of rotatable bonds is 6. The fraction of sp³-hybridized carbons (Fsp3) is 0.500. The maximum absolute atomic E-state index is 12.5. The van der Waals surface area contributed by atoms with Crippen molar-refractivity contribution in [1.82, 2.24) is 20.0 Å². The van der Waals surface area contributed by atoms with E-state index in [9.17, 15) is 31.1 Å². The molecule has 1 amide bonds. The van der Waals surface area contributed by atoms with E-state index in [0.29, 0.717) is 19.7 Å². The van der Waals surface area contributed by atoms with Gasteiger partial charge in [0.2, 0.25) is 5.91 Å². The largest absolute Gasteiger partial charge is 0.490 e. The molecule has 1 aliphatic heterocycles. The summed E-state index contributed by atoms with van der Waals surface area (Å²) >= 11 is 1.75. The minimum absolute atomic E-state index is 0.0709. The van der Waals surface area contributed by atoms with Gasteiger partial charge in [0, 0.05) is 44.4 Å². The Kier molecular flexibility index (Phi) is 12.5. The second kappa shape index (κ2) is 14.5. The Bertz CT molecular complexity index is 972. The van der Waals surface area contributed by atoms with Crippen molar-refractivity contribution in [2.24, 2.45) is 5.92 Å². The maximum Gasteiger partial charge on any atom is 0.490 e. The van der Waals surface area contributed by atoms with Crippen molar-refractivity contribution < 1.29 is 55.7 Å². The van der Waals surface area contributed by atoms with Crippen LogP contribution >= 0.6 is 11.3 Å². The molecular weight excluding hydrogens is 538 g/mol. The molecule has 2 aromatic heterocycles. The molecule has 0 spiro atoms. The lowest BCUT2D eigenvalue weighted by Gasteiger charge is -2.22. The van der Waals surface area contributed by atoms with Gasteiger partial charge in [-0.15, -0.1) is 11.3 Å². The summed E-state index contributed by atoms with van der Waals surface area (Å²) in [6, 6.07) is 6.24. The van der Waals surface area contributed by atoms with Crippen molar-refractivity contribution in [2.45, 2.75) is 32.0 Å². The highest BCUT2D eigenvalue weighted by atomic mass is 32.1. The lowest BCUT2D eigenvalue weighted by molar-refractivity contribution is -0.193. The number of carbonyl (C=O) groups excluding carboxylic acids is 1. The van der Waals surface area contributed by atoms with Crippen LogP contribution in [0.5, 0.6) is 0 Å². The van der Waals surface area contributed by atoms with E-state index in [-0.39, 0.29) is 11.8 Å². The summed E-state index contributed by atoms with van der Waals surface area (Å²) in [6.07, 6.45) is -8.36. The van der Waals surface area contributed by atoms with Gasteiger partial charge < -0.3 is 20.3 Å². The molecule has 3 heterocycles. The van der Waals surface area contributed by atoms with Crippen molar-refractivity contribution in [2.75, 3.05) is 26.8 Å². The van der Waals surface area contributed by atoms with Gasteiger partial charge in [0.25, 0.3) is 0 Å². The van der Waals surface area contributed by atoms with E-state index in [0.717, 1.165) is 25.3 Å². The highest BCUT2D eigenvalue weighted by Crippen LogP contribution is 2.20. The monoisotopic (exact) mass is 562 g/mol.